The summed E-state index contributed by atoms with van der Waals surface area (Å²) in [5, 5.41) is 12.1. The molecule has 0 saturated carbocycles. The maximum Gasteiger partial charge on any atom is 0.234 e. The van der Waals surface area contributed by atoms with Gasteiger partial charge >= 0.3 is 0 Å². The Morgan fingerprint density at radius 2 is 1.93 bits per heavy atom. The number of ether oxygens (including phenoxy) is 1. The molecule has 0 saturated heterocycles. The molecule has 0 aliphatic rings. The molecular weight excluding hydrogens is 374 g/mol. The highest BCUT2D eigenvalue weighted by atomic mass is 32.2. The zero-order valence-electron chi connectivity index (χ0n) is 16.3. The summed E-state index contributed by atoms with van der Waals surface area (Å²) in [5.74, 6) is 1.66. The fourth-order valence-corrected chi connectivity index (χ4v) is 3.33. The van der Waals surface area contributed by atoms with Crippen molar-refractivity contribution in [3.05, 3.63) is 48.5 Å². The van der Waals surface area contributed by atoms with Crippen LogP contribution < -0.4 is 15.0 Å². The number of aromatic nitrogens is 3. The first-order chi connectivity index (χ1) is 13.5. The fourth-order valence-electron chi connectivity index (χ4n) is 2.62. The number of nitrogens with one attached hydrogen (secondary N) is 1. The molecule has 146 valence electrons. The van der Waals surface area contributed by atoms with E-state index >= 15 is 0 Å². The molecule has 1 N–H and O–H groups in total. The second-order valence-electron chi connectivity index (χ2n) is 6.38. The third kappa shape index (κ3) is 4.64. The molecule has 3 aromatic rings. The average molecular weight is 398 g/mol. The molecule has 0 fully saturated rings. The van der Waals surface area contributed by atoms with Gasteiger partial charge in [0.2, 0.25) is 5.91 Å². The lowest BCUT2D eigenvalue weighted by Gasteiger charge is -2.13. The number of hydrogen-bond acceptors (Lipinski definition) is 6. The highest BCUT2D eigenvalue weighted by molar-refractivity contribution is 7.99. The van der Waals surface area contributed by atoms with Gasteiger partial charge in [0, 0.05) is 38.1 Å². The maximum atomic E-state index is 12.2. The third-order valence-corrected chi connectivity index (χ3v) is 5.18. The molecule has 0 aliphatic heterocycles. The standard InChI is InChI=1S/C20H23N5O2S/c1-24(2)16-7-5-6-14(12-16)19-22-23-20(25(19)3)28-13-18(26)21-15-8-10-17(27-4)11-9-15/h5-12H,13H2,1-4H3,(H,21,26). The van der Waals surface area contributed by atoms with Crippen molar-refractivity contribution in [3.8, 4) is 17.1 Å². The normalized spacial score (nSPS) is 10.6. The number of amides is 1. The van der Waals surface area contributed by atoms with Gasteiger partial charge in [0.1, 0.15) is 5.75 Å². The number of anilines is 2. The molecular formula is C20H23N5O2S. The predicted molar refractivity (Wildman–Crippen MR) is 113 cm³/mol. The predicted octanol–water partition coefficient (Wildman–Crippen LogP) is 3.29. The van der Waals surface area contributed by atoms with E-state index in [-0.39, 0.29) is 11.7 Å². The molecule has 0 bridgehead atoms. The summed E-state index contributed by atoms with van der Waals surface area (Å²) >= 11 is 1.35. The van der Waals surface area contributed by atoms with Crippen molar-refractivity contribution in [2.75, 3.05) is 37.2 Å². The topological polar surface area (TPSA) is 72.3 Å². The number of nitrogens with zero attached hydrogens (tertiary/aromatic N) is 4. The molecule has 1 heterocycles. The monoisotopic (exact) mass is 397 g/mol. The van der Waals surface area contributed by atoms with Crippen LogP contribution in [0.4, 0.5) is 11.4 Å². The molecule has 1 aromatic heterocycles. The van der Waals surface area contributed by atoms with E-state index in [0.717, 1.165) is 28.5 Å². The Labute approximate surface area is 168 Å². The molecule has 0 unspecified atom stereocenters. The van der Waals surface area contributed by atoms with E-state index < -0.39 is 0 Å². The summed E-state index contributed by atoms with van der Waals surface area (Å²) in [4.78, 5) is 14.3. The minimum Gasteiger partial charge on any atom is -0.497 e. The van der Waals surface area contributed by atoms with Gasteiger partial charge in [0.05, 0.1) is 12.9 Å². The van der Waals surface area contributed by atoms with E-state index in [1.54, 1.807) is 31.4 Å². The Morgan fingerprint density at radius 3 is 2.61 bits per heavy atom. The minimum absolute atomic E-state index is 0.102. The minimum atomic E-state index is -0.102. The van der Waals surface area contributed by atoms with Crippen LogP contribution in [0.2, 0.25) is 0 Å². The summed E-state index contributed by atoms with van der Waals surface area (Å²) < 4.78 is 7.02. The molecule has 0 atom stereocenters. The van der Waals surface area contributed by atoms with Crippen LogP contribution in [0.3, 0.4) is 0 Å². The number of methoxy groups -OCH3 is 1. The molecule has 8 heteroatoms. The van der Waals surface area contributed by atoms with E-state index in [1.807, 2.05) is 48.8 Å². The van der Waals surface area contributed by atoms with Gasteiger partial charge < -0.3 is 19.5 Å². The number of carbonyl (C=O) groups excluding carboxylic acids is 1. The quantitative estimate of drug-likeness (QED) is 0.617. The average Bonchev–Trinajstić information content (AvgIpc) is 3.07. The Balaban J connectivity index is 1.64. The Hall–Kier alpha value is -3.00. The molecule has 7 nitrogen and oxygen atoms in total. The van der Waals surface area contributed by atoms with Crippen LogP contribution >= 0.6 is 11.8 Å². The number of thioether (sulfide) groups is 1. The second kappa shape index (κ2) is 8.79. The zero-order valence-corrected chi connectivity index (χ0v) is 17.2. The molecule has 0 radical (unpaired) electrons. The van der Waals surface area contributed by atoms with Crippen LogP contribution in [0.1, 0.15) is 0 Å². The van der Waals surface area contributed by atoms with E-state index in [1.165, 1.54) is 11.8 Å². The summed E-state index contributed by atoms with van der Waals surface area (Å²) in [6.45, 7) is 0. The molecule has 28 heavy (non-hydrogen) atoms. The summed E-state index contributed by atoms with van der Waals surface area (Å²) in [5.41, 5.74) is 2.80. The highest BCUT2D eigenvalue weighted by Gasteiger charge is 2.13. The second-order valence-corrected chi connectivity index (χ2v) is 7.32. The van der Waals surface area contributed by atoms with Crippen molar-refractivity contribution in [3.63, 3.8) is 0 Å². The zero-order chi connectivity index (χ0) is 20.1. The smallest absolute Gasteiger partial charge is 0.234 e. The molecule has 1 amide bonds. The van der Waals surface area contributed by atoms with Crippen LogP contribution in [0, 0.1) is 0 Å². The first-order valence-corrected chi connectivity index (χ1v) is 9.70. The van der Waals surface area contributed by atoms with Gasteiger partial charge in [0.25, 0.3) is 0 Å². The van der Waals surface area contributed by atoms with Crippen LogP contribution in [0.5, 0.6) is 5.75 Å². The van der Waals surface area contributed by atoms with Crippen LogP contribution in [-0.2, 0) is 11.8 Å². The van der Waals surface area contributed by atoms with E-state index in [4.69, 9.17) is 4.74 Å². The van der Waals surface area contributed by atoms with Gasteiger partial charge in [-0.3, -0.25) is 4.79 Å². The molecule has 0 aliphatic carbocycles. The van der Waals surface area contributed by atoms with Gasteiger partial charge in [-0.05, 0) is 36.4 Å². The van der Waals surface area contributed by atoms with Gasteiger partial charge in [-0.1, -0.05) is 23.9 Å². The lowest BCUT2D eigenvalue weighted by molar-refractivity contribution is -0.113. The summed E-state index contributed by atoms with van der Waals surface area (Å²) in [7, 11) is 7.51. The van der Waals surface area contributed by atoms with E-state index in [0.29, 0.717) is 5.16 Å². The van der Waals surface area contributed by atoms with Crippen LogP contribution in [0.25, 0.3) is 11.4 Å². The van der Waals surface area contributed by atoms with Crippen LogP contribution in [0.15, 0.2) is 53.7 Å². The van der Waals surface area contributed by atoms with E-state index in [2.05, 4.69) is 21.6 Å². The number of rotatable bonds is 7. The lowest BCUT2D eigenvalue weighted by Crippen LogP contribution is -2.14. The first kappa shape index (κ1) is 19.8. The van der Waals surface area contributed by atoms with Gasteiger partial charge in [-0.2, -0.15) is 0 Å². The Kier molecular flexibility index (Phi) is 6.20. The number of hydrogen-bond donors (Lipinski definition) is 1. The van der Waals surface area contributed by atoms with Crippen molar-refractivity contribution >= 4 is 29.0 Å². The van der Waals surface area contributed by atoms with Gasteiger partial charge in [-0.25, -0.2) is 0 Å². The maximum absolute atomic E-state index is 12.2. The molecule has 2 aromatic carbocycles. The van der Waals surface area contributed by atoms with Crippen molar-refractivity contribution in [2.45, 2.75) is 5.16 Å². The Bertz CT molecular complexity index is 953. The first-order valence-electron chi connectivity index (χ1n) is 8.72. The van der Waals surface area contributed by atoms with Gasteiger partial charge in [-0.15, -0.1) is 10.2 Å². The molecule has 3 rings (SSSR count). The molecule has 0 spiro atoms. The Morgan fingerprint density at radius 1 is 1.18 bits per heavy atom. The highest BCUT2D eigenvalue weighted by Crippen LogP contribution is 2.25. The fraction of sp³-hybridized carbons (Fsp3) is 0.250. The largest absolute Gasteiger partial charge is 0.497 e. The summed E-state index contributed by atoms with van der Waals surface area (Å²) in [6.07, 6.45) is 0. The van der Waals surface area contributed by atoms with Crippen molar-refractivity contribution in [1.29, 1.82) is 0 Å². The van der Waals surface area contributed by atoms with Gasteiger partial charge in [0.15, 0.2) is 11.0 Å². The van der Waals surface area contributed by atoms with Crippen molar-refractivity contribution < 1.29 is 9.53 Å². The summed E-state index contributed by atoms with van der Waals surface area (Å²) in [6, 6.07) is 15.3. The third-order valence-electron chi connectivity index (χ3n) is 4.16. The lowest BCUT2D eigenvalue weighted by atomic mass is 10.2. The van der Waals surface area contributed by atoms with Crippen LogP contribution in [-0.4, -0.2) is 47.6 Å². The number of carbonyl (C=O) groups is 1. The SMILES string of the molecule is COc1ccc(NC(=O)CSc2nnc(-c3cccc(N(C)C)c3)n2C)cc1. The van der Waals surface area contributed by atoms with Crippen molar-refractivity contribution in [2.24, 2.45) is 7.05 Å². The number of benzene rings is 2. The van der Waals surface area contributed by atoms with Crippen molar-refractivity contribution in [1.82, 2.24) is 14.8 Å². The van der Waals surface area contributed by atoms with E-state index in [9.17, 15) is 4.79 Å².